The number of ether oxygens (including phenoxy) is 1. The lowest BCUT2D eigenvalue weighted by Gasteiger charge is -2.04. The summed E-state index contributed by atoms with van der Waals surface area (Å²) in [4.78, 5) is 19.7. The number of nitrogens with one attached hydrogen (secondary N) is 1. The van der Waals surface area contributed by atoms with E-state index in [1.807, 2.05) is 6.92 Å². The van der Waals surface area contributed by atoms with Gasteiger partial charge in [-0.3, -0.25) is 4.79 Å². The van der Waals surface area contributed by atoms with Crippen molar-refractivity contribution in [3.05, 3.63) is 58.9 Å². The van der Waals surface area contributed by atoms with E-state index in [0.717, 1.165) is 5.75 Å². The number of aromatic amines is 1. The second-order valence-corrected chi connectivity index (χ2v) is 4.91. The zero-order chi connectivity index (χ0) is 14.8. The SMILES string of the molecule is CCOc1ccc(C(=O)c2c[nH]c3nccc(Cl)c23)cc1. The molecule has 0 aliphatic heterocycles. The summed E-state index contributed by atoms with van der Waals surface area (Å²) in [5.74, 6) is 0.645. The molecule has 0 unspecified atom stereocenters. The molecule has 5 heteroatoms. The summed E-state index contributed by atoms with van der Waals surface area (Å²) in [7, 11) is 0. The Hall–Kier alpha value is -2.33. The van der Waals surface area contributed by atoms with E-state index < -0.39 is 0 Å². The Bertz CT molecular complexity index is 794. The fourth-order valence-corrected chi connectivity index (χ4v) is 2.47. The van der Waals surface area contributed by atoms with Crippen LogP contribution < -0.4 is 4.74 Å². The summed E-state index contributed by atoms with van der Waals surface area (Å²) in [6, 6.07) is 8.73. The molecule has 0 aliphatic carbocycles. The summed E-state index contributed by atoms with van der Waals surface area (Å²) in [5.41, 5.74) is 1.71. The van der Waals surface area contributed by atoms with Gasteiger partial charge in [-0.15, -0.1) is 0 Å². The average molecular weight is 301 g/mol. The highest BCUT2D eigenvalue weighted by molar-refractivity contribution is 6.37. The Morgan fingerprint density at radius 3 is 2.76 bits per heavy atom. The van der Waals surface area contributed by atoms with Gasteiger partial charge in [0.15, 0.2) is 5.78 Å². The summed E-state index contributed by atoms with van der Waals surface area (Å²) in [6.07, 6.45) is 3.24. The van der Waals surface area contributed by atoms with Crippen molar-refractivity contribution in [1.82, 2.24) is 9.97 Å². The second-order valence-electron chi connectivity index (χ2n) is 4.51. The van der Waals surface area contributed by atoms with Crippen LogP contribution in [0.15, 0.2) is 42.7 Å². The number of benzene rings is 1. The molecular weight excluding hydrogens is 288 g/mol. The second kappa shape index (κ2) is 5.58. The summed E-state index contributed by atoms with van der Waals surface area (Å²) < 4.78 is 5.37. The molecule has 0 aliphatic rings. The number of halogens is 1. The van der Waals surface area contributed by atoms with Gasteiger partial charge < -0.3 is 9.72 Å². The van der Waals surface area contributed by atoms with Crippen molar-refractivity contribution in [2.24, 2.45) is 0 Å². The molecule has 21 heavy (non-hydrogen) atoms. The van der Waals surface area contributed by atoms with Crippen LogP contribution in [0.1, 0.15) is 22.8 Å². The van der Waals surface area contributed by atoms with E-state index in [4.69, 9.17) is 16.3 Å². The van der Waals surface area contributed by atoms with Crippen molar-refractivity contribution < 1.29 is 9.53 Å². The van der Waals surface area contributed by atoms with E-state index in [-0.39, 0.29) is 5.78 Å². The van der Waals surface area contributed by atoms with Crippen LogP contribution in [0.3, 0.4) is 0 Å². The Morgan fingerprint density at radius 1 is 1.29 bits per heavy atom. The monoisotopic (exact) mass is 300 g/mol. The van der Waals surface area contributed by atoms with Crippen molar-refractivity contribution in [3.63, 3.8) is 0 Å². The highest BCUT2D eigenvalue weighted by Gasteiger charge is 2.16. The first-order chi connectivity index (χ1) is 10.2. The minimum Gasteiger partial charge on any atom is -0.494 e. The largest absolute Gasteiger partial charge is 0.494 e. The average Bonchev–Trinajstić information content (AvgIpc) is 2.93. The van der Waals surface area contributed by atoms with Crippen LogP contribution in [0.4, 0.5) is 0 Å². The Balaban J connectivity index is 2.00. The molecule has 0 spiro atoms. The van der Waals surface area contributed by atoms with Crippen LogP contribution >= 0.6 is 11.6 Å². The van der Waals surface area contributed by atoms with Crippen LogP contribution in [-0.4, -0.2) is 22.4 Å². The topological polar surface area (TPSA) is 55.0 Å². The number of fused-ring (bicyclic) bond motifs is 1. The molecule has 0 fully saturated rings. The maximum atomic E-state index is 12.6. The van der Waals surface area contributed by atoms with Crippen molar-refractivity contribution in [2.75, 3.05) is 6.61 Å². The molecule has 0 amide bonds. The number of nitrogens with zero attached hydrogens (tertiary/aromatic N) is 1. The van der Waals surface area contributed by atoms with Gasteiger partial charge in [0.2, 0.25) is 0 Å². The maximum Gasteiger partial charge on any atom is 0.195 e. The number of rotatable bonds is 4. The third-order valence-corrected chi connectivity index (χ3v) is 3.51. The van der Waals surface area contributed by atoms with Crippen molar-refractivity contribution in [3.8, 4) is 5.75 Å². The highest BCUT2D eigenvalue weighted by Crippen LogP contribution is 2.27. The van der Waals surface area contributed by atoms with Gasteiger partial charge in [-0.25, -0.2) is 4.98 Å². The van der Waals surface area contributed by atoms with Crippen LogP contribution in [-0.2, 0) is 0 Å². The highest BCUT2D eigenvalue weighted by atomic mass is 35.5. The first-order valence-corrected chi connectivity index (χ1v) is 6.97. The first kappa shape index (κ1) is 13.6. The molecule has 106 valence electrons. The fraction of sp³-hybridized carbons (Fsp3) is 0.125. The third kappa shape index (κ3) is 2.50. The zero-order valence-corrected chi connectivity index (χ0v) is 12.1. The van der Waals surface area contributed by atoms with Gasteiger partial charge in [0, 0.05) is 23.3 Å². The molecule has 0 radical (unpaired) electrons. The molecular formula is C16H13ClN2O2. The molecule has 0 bridgehead atoms. The Labute approximate surface area is 126 Å². The molecule has 2 heterocycles. The van der Waals surface area contributed by atoms with E-state index in [1.54, 1.807) is 42.7 Å². The van der Waals surface area contributed by atoms with Gasteiger partial charge in [-0.1, -0.05) is 11.6 Å². The van der Waals surface area contributed by atoms with Crippen molar-refractivity contribution in [1.29, 1.82) is 0 Å². The van der Waals surface area contributed by atoms with E-state index in [2.05, 4.69) is 9.97 Å². The van der Waals surface area contributed by atoms with E-state index >= 15 is 0 Å². The summed E-state index contributed by atoms with van der Waals surface area (Å²) in [6.45, 7) is 2.51. The maximum absolute atomic E-state index is 12.6. The minimum absolute atomic E-state index is 0.0980. The fourth-order valence-electron chi connectivity index (χ4n) is 2.22. The molecule has 3 aromatic rings. The van der Waals surface area contributed by atoms with Gasteiger partial charge in [0.05, 0.1) is 17.2 Å². The number of H-pyrrole nitrogens is 1. The molecule has 0 saturated carbocycles. The number of carbonyl (C=O) groups excluding carboxylic acids is 1. The van der Waals surface area contributed by atoms with Crippen LogP contribution in [0, 0.1) is 0 Å². The lowest BCUT2D eigenvalue weighted by molar-refractivity contribution is 0.104. The van der Waals surface area contributed by atoms with E-state index in [9.17, 15) is 4.79 Å². The number of carbonyl (C=O) groups is 1. The van der Waals surface area contributed by atoms with E-state index in [1.165, 1.54) is 0 Å². The summed E-state index contributed by atoms with van der Waals surface area (Å²) in [5, 5.41) is 1.16. The number of aromatic nitrogens is 2. The smallest absolute Gasteiger partial charge is 0.195 e. The summed E-state index contributed by atoms with van der Waals surface area (Å²) >= 11 is 6.17. The third-order valence-electron chi connectivity index (χ3n) is 3.19. The molecule has 1 N–H and O–H groups in total. The molecule has 0 saturated heterocycles. The standard InChI is InChI=1S/C16H13ClN2O2/c1-2-21-11-5-3-10(4-6-11)15(20)12-9-19-16-14(12)13(17)7-8-18-16/h3-9H,2H2,1H3,(H,18,19). The number of hydrogen-bond acceptors (Lipinski definition) is 3. The van der Waals surface area contributed by atoms with Gasteiger partial charge in [0.1, 0.15) is 11.4 Å². The van der Waals surface area contributed by atoms with E-state index in [0.29, 0.717) is 33.8 Å². The number of pyridine rings is 1. The normalized spacial score (nSPS) is 10.8. The molecule has 2 aromatic heterocycles. The van der Waals surface area contributed by atoms with Gasteiger partial charge in [-0.2, -0.15) is 0 Å². The van der Waals surface area contributed by atoms with Crippen molar-refractivity contribution in [2.45, 2.75) is 6.92 Å². The number of ketones is 1. The van der Waals surface area contributed by atoms with Crippen LogP contribution in [0.5, 0.6) is 5.75 Å². The lowest BCUT2D eigenvalue weighted by atomic mass is 10.0. The van der Waals surface area contributed by atoms with Gasteiger partial charge in [-0.05, 0) is 37.3 Å². The quantitative estimate of drug-likeness (QED) is 0.745. The predicted molar refractivity (Wildman–Crippen MR) is 82.1 cm³/mol. The van der Waals surface area contributed by atoms with Gasteiger partial charge in [0.25, 0.3) is 0 Å². The number of hydrogen-bond donors (Lipinski definition) is 1. The molecule has 1 aromatic carbocycles. The zero-order valence-electron chi connectivity index (χ0n) is 11.4. The lowest BCUT2D eigenvalue weighted by Crippen LogP contribution is -2.01. The Kier molecular flexibility index (Phi) is 3.62. The van der Waals surface area contributed by atoms with Crippen LogP contribution in [0.2, 0.25) is 5.02 Å². The van der Waals surface area contributed by atoms with Gasteiger partial charge >= 0.3 is 0 Å². The minimum atomic E-state index is -0.0980. The molecule has 3 rings (SSSR count). The molecule has 0 atom stereocenters. The van der Waals surface area contributed by atoms with Crippen LogP contribution in [0.25, 0.3) is 11.0 Å². The predicted octanol–water partition coefficient (Wildman–Crippen LogP) is 3.85. The Morgan fingerprint density at radius 2 is 2.05 bits per heavy atom. The molecule has 4 nitrogen and oxygen atoms in total. The van der Waals surface area contributed by atoms with Crippen molar-refractivity contribution >= 4 is 28.4 Å². The first-order valence-electron chi connectivity index (χ1n) is 6.60.